The fourth-order valence-electron chi connectivity index (χ4n) is 8.30. The predicted octanol–water partition coefficient (Wildman–Crippen LogP) is 13.9. The summed E-state index contributed by atoms with van der Waals surface area (Å²) < 4.78 is 0. The van der Waals surface area contributed by atoms with Crippen molar-refractivity contribution in [2.24, 2.45) is 11.8 Å². The topological polar surface area (TPSA) is 25.8 Å². The molecule has 0 fully saturated rings. The van der Waals surface area contributed by atoms with Gasteiger partial charge in [0.05, 0.1) is 11.0 Å². The molecule has 2 unspecified atom stereocenters. The van der Waals surface area contributed by atoms with E-state index in [9.17, 15) is 0 Å². The van der Waals surface area contributed by atoms with Crippen molar-refractivity contribution in [2.75, 3.05) is 0 Å². The van der Waals surface area contributed by atoms with Crippen LogP contribution in [0.3, 0.4) is 0 Å². The smallest absolute Gasteiger partial charge is 0.0970 e. The molecule has 254 valence electrons. The minimum Gasteiger partial charge on any atom is -0.254 e. The molecule has 0 aliphatic heterocycles. The zero-order chi connectivity index (χ0) is 34.5. The van der Waals surface area contributed by atoms with Crippen LogP contribution in [-0.4, -0.2) is 9.97 Å². The molecule has 2 aromatic heterocycles. The highest BCUT2D eigenvalue weighted by Gasteiger charge is 2.18. The van der Waals surface area contributed by atoms with E-state index >= 15 is 0 Å². The van der Waals surface area contributed by atoms with E-state index in [1.165, 1.54) is 106 Å². The summed E-state index contributed by atoms with van der Waals surface area (Å²) in [6, 6.07) is 36.7. The molecule has 5 aromatic carbocycles. The van der Waals surface area contributed by atoms with Gasteiger partial charge in [0.2, 0.25) is 0 Å². The van der Waals surface area contributed by atoms with Gasteiger partial charge in [-0.2, -0.15) is 0 Å². The van der Waals surface area contributed by atoms with Gasteiger partial charge in [0.15, 0.2) is 0 Å². The van der Waals surface area contributed by atoms with Gasteiger partial charge in [-0.25, -0.2) is 0 Å². The van der Waals surface area contributed by atoms with Crippen molar-refractivity contribution < 1.29 is 0 Å². The Morgan fingerprint density at radius 2 is 1.04 bits per heavy atom. The molecule has 2 atom stereocenters. The van der Waals surface area contributed by atoms with E-state index < -0.39 is 0 Å². The summed E-state index contributed by atoms with van der Waals surface area (Å²) in [5.74, 6) is 1.43. The summed E-state index contributed by atoms with van der Waals surface area (Å²) in [4.78, 5) is 9.45. The lowest BCUT2D eigenvalue weighted by Gasteiger charge is -2.21. The van der Waals surface area contributed by atoms with Gasteiger partial charge < -0.3 is 0 Å². The second-order valence-electron chi connectivity index (χ2n) is 14.5. The maximum atomic E-state index is 4.77. The second-order valence-corrected chi connectivity index (χ2v) is 14.5. The van der Waals surface area contributed by atoms with Gasteiger partial charge in [-0.1, -0.05) is 152 Å². The predicted molar refractivity (Wildman–Crippen MR) is 217 cm³/mol. The first-order valence-corrected chi connectivity index (χ1v) is 19.3. The quantitative estimate of drug-likeness (QED) is 0.0860. The highest BCUT2D eigenvalue weighted by atomic mass is 14.7. The molecular formula is C48H52N2. The van der Waals surface area contributed by atoms with Crippen LogP contribution in [-0.2, 0) is 12.8 Å². The Hall–Kier alpha value is -4.56. The van der Waals surface area contributed by atoms with Crippen molar-refractivity contribution in [3.63, 3.8) is 0 Å². The molecule has 7 aromatic rings. The van der Waals surface area contributed by atoms with Crippen molar-refractivity contribution in [1.29, 1.82) is 0 Å². The first kappa shape index (κ1) is 33.9. The Morgan fingerprint density at radius 3 is 1.62 bits per heavy atom. The van der Waals surface area contributed by atoms with Crippen LogP contribution < -0.4 is 0 Å². The van der Waals surface area contributed by atoms with E-state index in [2.05, 4.69) is 118 Å². The second kappa shape index (κ2) is 15.5. The molecule has 2 nitrogen and oxygen atoms in total. The summed E-state index contributed by atoms with van der Waals surface area (Å²) in [5.41, 5.74) is 9.96. The third kappa shape index (κ3) is 6.78. The van der Waals surface area contributed by atoms with Crippen LogP contribution in [0.1, 0.15) is 90.2 Å². The fraction of sp³-hybridized carbons (Fsp3) is 0.333. The van der Waals surface area contributed by atoms with E-state index in [1.54, 1.807) is 0 Å². The van der Waals surface area contributed by atoms with Crippen LogP contribution in [0.5, 0.6) is 0 Å². The SMILES string of the molecule is CCCCC(CC)Cc1cccc2c(-c3ccc(-c4cc5cccnc5c5ncccc45)cc3)c3cccc(CC(CC)CCCC)c3cc12. The van der Waals surface area contributed by atoms with E-state index in [0.717, 1.165) is 34.6 Å². The van der Waals surface area contributed by atoms with Crippen LogP contribution in [0.25, 0.3) is 65.6 Å². The number of fused-ring (bicyclic) bond motifs is 5. The minimum absolute atomic E-state index is 0.717. The van der Waals surface area contributed by atoms with Crippen molar-refractivity contribution in [1.82, 2.24) is 9.97 Å². The zero-order valence-electron chi connectivity index (χ0n) is 30.5. The van der Waals surface area contributed by atoms with Crippen molar-refractivity contribution >= 4 is 43.4 Å². The van der Waals surface area contributed by atoms with Crippen molar-refractivity contribution in [3.8, 4) is 22.3 Å². The van der Waals surface area contributed by atoms with E-state index in [-0.39, 0.29) is 0 Å². The molecule has 0 N–H and O–H groups in total. The number of benzene rings is 5. The maximum absolute atomic E-state index is 4.77. The molecular weight excluding hydrogens is 605 g/mol. The summed E-state index contributed by atoms with van der Waals surface area (Å²) in [6.45, 7) is 9.38. The van der Waals surface area contributed by atoms with E-state index in [1.807, 2.05) is 24.5 Å². The molecule has 0 bridgehead atoms. The number of hydrogen-bond acceptors (Lipinski definition) is 2. The van der Waals surface area contributed by atoms with Gasteiger partial charge in [-0.3, -0.25) is 9.97 Å². The third-order valence-electron chi connectivity index (χ3n) is 11.3. The standard InChI is InChI=1S/C48H52N2/c1-5-9-15-33(7-3)29-37-17-11-20-40-44(37)32-45-38(30-34(8-4)16-10-6-2)18-12-21-41(45)46(40)36-25-23-35(24-26-36)43-31-39-19-13-27-49-47(39)48-42(43)22-14-28-50-48/h11-14,17-28,31-34H,5-10,15-16,29-30H2,1-4H3. The van der Waals surface area contributed by atoms with Gasteiger partial charge in [-0.05, 0) is 104 Å². The molecule has 0 aliphatic rings. The Bertz CT molecular complexity index is 2150. The summed E-state index contributed by atoms with van der Waals surface area (Å²) in [6.07, 6.45) is 16.2. The Balaban J connectivity index is 1.40. The van der Waals surface area contributed by atoms with Crippen LogP contribution >= 0.6 is 0 Å². The van der Waals surface area contributed by atoms with Crippen LogP contribution in [0.4, 0.5) is 0 Å². The summed E-state index contributed by atoms with van der Waals surface area (Å²) in [5, 5.41) is 7.86. The van der Waals surface area contributed by atoms with E-state index in [0.29, 0.717) is 11.8 Å². The van der Waals surface area contributed by atoms with Crippen molar-refractivity contribution in [3.05, 3.63) is 121 Å². The van der Waals surface area contributed by atoms with Gasteiger partial charge >= 0.3 is 0 Å². The Labute approximate surface area is 299 Å². The maximum Gasteiger partial charge on any atom is 0.0970 e. The molecule has 0 radical (unpaired) electrons. The number of pyridine rings is 2. The van der Waals surface area contributed by atoms with Gasteiger partial charge in [0, 0.05) is 23.2 Å². The third-order valence-corrected chi connectivity index (χ3v) is 11.3. The molecule has 0 aliphatic carbocycles. The molecule has 2 heteroatoms. The molecule has 50 heavy (non-hydrogen) atoms. The van der Waals surface area contributed by atoms with Crippen molar-refractivity contribution in [2.45, 2.75) is 91.9 Å². The first-order chi connectivity index (χ1) is 24.6. The molecule has 0 saturated carbocycles. The average Bonchev–Trinajstić information content (AvgIpc) is 3.17. The van der Waals surface area contributed by atoms with Crippen LogP contribution in [0, 0.1) is 11.8 Å². The lowest BCUT2D eigenvalue weighted by molar-refractivity contribution is 0.450. The average molecular weight is 657 g/mol. The van der Waals surface area contributed by atoms with Gasteiger partial charge in [0.25, 0.3) is 0 Å². The number of hydrogen-bond donors (Lipinski definition) is 0. The largest absolute Gasteiger partial charge is 0.254 e. The molecule has 0 amide bonds. The lowest BCUT2D eigenvalue weighted by atomic mass is 9.83. The highest BCUT2D eigenvalue weighted by Crippen LogP contribution is 2.42. The minimum atomic E-state index is 0.717. The molecule has 7 rings (SSSR count). The monoisotopic (exact) mass is 656 g/mol. The Kier molecular flexibility index (Phi) is 10.5. The molecule has 0 spiro atoms. The fourth-order valence-corrected chi connectivity index (χ4v) is 8.30. The normalized spacial score (nSPS) is 13.0. The highest BCUT2D eigenvalue weighted by molar-refractivity contribution is 6.15. The number of unbranched alkanes of at least 4 members (excludes halogenated alkanes) is 2. The van der Waals surface area contributed by atoms with Crippen LogP contribution in [0.2, 0.25) is 0 Å². The first-order valence-electron chi connectivity index (χ1n) is 19.3. The lowest BCUT2D eigenvalue weighted by Crippen LogP contribution is -2.05. The number of rotatable bonds is 14. The van der Waals surface area contributed by atoms with Gasteiger partial charge in [0.1, 0.15) is 0 Å². The summed E-state index contributed by atoms with van der Waals surface area (Å²) in [7, 11) is 0. The Morgan fingerprint density at radius 1 is 0.500 bits per heavy atom. The van der Waals surface area contributed by atoms with E-state index in [4.69, 9.17) is 4.98 Å². The number of aromatic nitrogens is 2. The summed E-state index contributed by atoms with van der Waals surface area (Å²) >= 11 is 0. The van der Waals surface area contributed by atoms with Gasteiger partial charge in [-0.15, -0.1) is 0 Å². The number of nitrogens with zero attached hydrogens (tertiary/aromatic N) is 2. The molecule has 2 heterocycles. The zero-order valence-corrected chi connectivity index (χ0v) is 30.5. The van der Waals surface area contributed by atoms with Crippen LogP contribution in [0.15, 0.2) is 109 Å². The molecule has 0 saturated heterocycles.